The van der Waals surface area contributed by atoms with Gasteiger partial charge in [-0.05, 0) is 59.6 Å². The number of nitrogens with one attached hydrogen (secondary N) is 2. The maximum Gasteiger partial charge on any atom is 0.274 e. The number of aryl methyl sites for hydroxylation is 1. The SMILES string of the molecule is CCNc1ccnc(C(=O)Nc2cc(Br)c(F)cc2C)c1. The van der Waals surface area contributed by atoms with Crippen LogP contribution in [0.5, 0.6) is 0 Å². The fourth-order valence-corrected chi connectivity index (χ4v) is 2.18. The number of halogens is 2. The first-order valence-corrected chi connectivity index (χ1v) is 7.27. The van der Waals surface area contributed by atoms with Crippen molar-refractivity contribution in [3.63, 3.8) is 0 Å². The van der Waals surface area contributed by atoms with Crippen LogP contribution in [-0.4, -0.2) is 17.4 Å². The van der Waals surface area contributed by atoms with Crippen molar-refractivity contribution >= 4 is 33.2 Å². The van der Waals surface area contributed by atoms with Crippen LogP contribution in [0.1, 0.15) is 23.0 Å². The third-order valence-corrected chi connectivity index (χ3v) is 3.50. The van der Waals surface area contributed by atoms with Crippen LogP contribution in [0.15, 0.2) is 34.9 Å². The highest BCUT2D eigenvalue weighted by Gasteiger charge is 2.12. The molecule has 2 aromatic rings. The van der Waals surface area contributed by atoms with Crippen LogP contribution in [0.25, 0.3) is 0 Å². The molecule has 0 radical (unpaired) electrons. The molecular formula is C15H15BrFN3O. The molecule has 2 N–H and O–H groups in total. The molecule has 2 rings (SSSR count). The monoisotopic (exact) mass is 351 g/mol. The highest BCUT2D eigenvalue weighted by atomic mass is 79.9. The molecule has 1 aromatic heterocycles. The van der Waals surface area contributed by atoms with Crippen LogP contribution in [0.2, 0.25) is 0 Å². The maximum atomic E-state index is 13.4. The van der Waals surface area contributed by atoms with Crippen molar-refractivity contribution in [3.8, 4) is 0 Å². The Bertz CT molecular complexity index is 676. The maximum absolute atomic E-state index is 13.4. The zero-order valence-electron chi connectivity index (χ0n) is 11.7. The summed E-state index contributed by atoms with van der Waals surface area (Å²) in [6.45, 7) is 4.46. The highest BCUT2D eigenvalue weighted by molar-refractivity contribution is 9.10. The van der Waals surface area contributed by atoms with Gasteiger partial charge in [-0.2, -0.15) is 0 Å². The van der Waals surface area contributed by atoms with E-state index in [2.05, 4.69) is 31.5 Å². The Balaban J connectivity index is 2.22. The van der Waals surface area contributed by atoms with Crippen molar-refractivity contribution in [3.05, 3.63) is 52.0 Å². The van der Waals surface area contributed by atoms with Crippen LogP contribution < -0.4 is 10.6 Å². The van der Waals surface area contributed by atoms with E-state index >= 15 is 0 Å². The summed E-state index contributed by atoms with van der Waals surface area (Å²) in [6, 6.07) is 6.37. The molecule has 6 heteroatoms. The third kappa shape index (κ3) is 3.78. The van der Waals surface area contributed by atoms with Gasteiger partial charge in [-0.25, -0.2) is 4.39 Å². The second kappa shape index (κ2) is 6.67. The molecular weight excluding hydrogens is 337 g/mol. The Hall–Kier alpha value is -1.95. The second-order valence-corrected chi connectivity index (χ2v) is 5.35. The summed E-state index contributed by atoms with van der Waals surface area (Å²) in [5.74, 6) is -0.700. The molecule has 1 aromatic carbocycles. The van der Waals surface area contributed by atoms with Gasteiger partial charge in [0.05, 0.1) is 4.47 Å². The standard InChI is InChI=1S/C15H15BrFN3O/c1-3-18-10-4-5-19-14(7-10)15(21)20-13-8-11(16)12(17)6-9(13)2/h4-8H,3H2,1-2H3,(H,18,19)(H,20,21). The van der Waals surface area contributed by atoms with E-state index in [1.54, 1.807) is 25.3 Å². The first-order chi connectivity index (χ1) is 10.0. The minimum Gasteiger partial charge on any atom is -0.385 e. The minimum absolute atomic E-state index is 0.299. The van der Waals surface area contributed by atoms with Crippen LogP contribution in [0.3, 0.4) is 0 Å². The lowest BCUT2D eigenvalue weighted by atomic mass is 10.2. The largest absolute Gasteiger partial charge is 0.385 e. The number of pyridine rings is 1. The van der Waals surface area contributed by atoms with Crippen molar-refractivity contribution in [2.24, 2.45) is 0 Å². The van der Waals surface area contributed by atoms with Gasteiger partial charge in [-0.3, -0.25) is 9.78 Å². The van der Waals surface area contributed by atoms with Gasteiger partial charge < -0.3 is 10.6 Å². The van der Waals surface area contributed by atoms with Gasteiger partial charge in [0.2, 0.25) is 0 Å². The summed E-state index contributed by atoms with van der Waals surface area (Å²) in [6.07, 6.45) is 1.57. The predicted octanol–water partition coefficient (Wildman–Crippen LogP) is 3.98. The fourth-order valence-electron chi connectivity index (χ4n) is 1.84. The van der Waals surface area contributed by atoms with E-state index in [1.807, 2.05) is 6.92 Å². The Labute approximate surface area is 130 Å². The molecule has 0 atom stereocenters. The number of rotatable bonds is 4. The van der Waals surface area contributed by atoms with Gasteiger partial charge in [-0.1, -0.05) is 0 Å². The number of anilines is 2. The summed E-state index contributed by atoms with van der Waals surface area (Å²) in [4.78, 5) is 16.3. The number of carbonyl (C=O) groups is 1. The average molecular weight is 352 g/mol. The second-order valence-electron chi connectivity index (χ2n) is 4.50. The molecule has 1 amide bonds. The van der Waals surface area contributed by atoms with Crippen molar-refractivity contribution in [2.75, 3.05) is 17.2 Å². The van der Waals surface area contributed by atoms with E-state index in [4.69, 9.17) is 0 Å². The lowest BCUT2D eigenvalue weighted by Crippen LogP contribution is -2.15. The van der Waals surface area contributed by atoms with Crippen molar-refractivity contribution < 1.29 is 9.18 Å². The van der Waals surface area contributed by atoms with Gasteiger partial charge in [0.15, 0.2) is 0 Å². The summed E-state index contributed by atoms with van der Waals surface area (Å²) in [5, 5.41) is 5.86. The molecule has 1 heterocycles. The molecule has 21 heavy (non-hydrogen) atoms. The average Bonchev–Trinajstić information content (AvgIpc) is 2.45. The Morgan fingerprint density at radius 1 is 1.38 bits per heavy atom. The van der Waals surface area contributed by atoms with E-state index in [0.717, 1.165) is 12.2 Å². The lowest BCUT2D eigenvalue weighted by Gasteiger charge is -2.10. The molecule has 0 aliphatic carbocycles. The van der Waals surface area contributed by atoms with E-state index in [9.17, 15) is 9.18 Å². The first-order valence-electron chi connectivity index (χ1n) is 6.48. The molecule has 0 saturated carbocycles. The summed E-state index contributed by atoms with van der Waals surface area (Å²) in [7, 11) is 0. The molecule has 0 fully saturated rings. The summed E-state index contributed by atoms with van der Waals surface area (Å²) < 4.78 is 13.7. The van der Waals surface area contributed by atoms with Gasteiger partial charge in [0.25, 0.3) is 5.91 Å². The van der Waals surface area contributed by atoms with Crippen LogP contribution in [0.4, 0.5) is 15.8 Å². The van der Waals surface area contributed by atoms with Crippen molar-refractivity contribution in [1.29, 1.82) is 0 Å². The summed E-state index contributed by atoms with van der Waals surface area (Å²) in [5.41, 5.74) is 2.32. The third-order valence-electron chi connectivity index (χ3n) is 2.89. The van der Waals surface area contributed by atoms with Gasteiger partial charge in [-0.15, -0.1) is 0 Å². The summed E-state index contributed by atoms with van der Waals surface area (Å²) >= 11 is 3.11. The number of aromatic nitrogens is 1. The highest BCUT2D eigenvalue weighted by Crippen LogP contribution is 2.24. The molecule has 0 saturated heterocycles. The molecule has 0 spiro atoms. The number of benzene rings is 1. The van der Waals surface area contributed by atoms with E-state index < -0.39 is 0 Å². The van der Waals surface area contributed by atoms with Gasteiger partial charge in [0, 0.05) is 24.1 Å². The Kier molecular flexibility index (Phi) is 4.90. The van der Waals surface area contributed by atoms with Gasteiger partial charge in [0.1, 0.15) is 11.5 Å². The molecule has 0 bridgehead atoms. The molecule has 0 unspecified atom stereocenters. The molecule has 4 nitrogen and oxygen atoms in total. The number of carbonyl (C=O) groups excluding carboxylic acids is 1. The molecule has 110 valence electrons. The van der Waals surface area contributed by atoms with E-state index in [0.29, 0.717) is 21.4 Å². The van der Waals surface area contributed by atoms with Crippen LogP contribution in [0, 0.1) is 12.7 Å². The van der Waals surface area contributed by atoms with E-state index in [-0.39, 0.29) is 11.7 Å². The zero-order chi connectivity index (χ0) is 15.4. The lowest BCUT2D eigenvalue weighted by molar-refractivity contribution is 0.102. The smallest absolute Gasteiger partial charge is 0.274 e. The number of hydrogen-bond donors (Lipinski definition) is 2. The number of amides is 1. The van der Waals surface area contributed by atoms with E-state index in [1.165, 1.54) is 12.1 Å². The van der Waals surface area contributed by atoms with Gasteiger partial charge >= 0.3 is 0 Å². The topological polar surface area (TPSA) is 54.0 Å². The first kappa shape index (κ1) is 15.4. The quantitative estimate of drug-likeness (QED) is 0.875. The van der Waals surface area contributed by atoms with Crippen LogP contribution >= 0.6 is 15.9 Å². The number of nitrogens with zero attached hydrogens (tertiary/aromatic N) is 1. The normalized spacial score (nSPS) is 10.3. The number of hydrogen-bond acceptors (Lipinski definition) is 3. The fraction of sp³-hybridized carbons (Fsp3) is 0.200. The Morgan fingerprint density at radius 3 is 2.86 bits per heavy atom. The van der Waals surface area contributed by atoms with Crippen molar-refractivity contribution in [2.45, 2.75) is 13.8 Å². The molecule has 0 aliphatic rings. The Morgan fingerprint density at radius 2 is 2.14 bits per heavy atom. The van der Waals surface area contributed by atoms with Crippen LogP contribution in [-0.2, 0) is 0 Å². The molecule has 0 aliphatic heterocycles. The predicted molar refractivity (Wildman–Crippen MR) is 85.2 cm³/mol. The minimum atomic E-state index is -0.363. The zero-order valence-corrected chi connectivity index (χ0v) is 13.3. The van der Waals surface area contributed by atoms with Crippen molar-refractivity contribution in [1.82, 2.24) is 4.98 Å².